The average molecular weight is 313 g/mol. The minimum absolute atomic E-state index is 0.0686. The van der Waals surface area contributed by atoms with Crippen molar-refractivity contribution in [3.63, 3.8) is 0 Å². The van der Waals surface area contributed by atoms with Gasteiger partial charge in [0.05, 0.1) is 11.2 Å². The Balaban J connectivity index is 2.16. The molecule has 7 nitrogen and oxygen atoms in total. The third-order valence-electron chi connectivity index (χ3n) is 3.53. The van der Waals surface area contributed by atoms with E-state index in [2.05, 4.69) is 9.62 Å². The highest BCUT2D eigenvalue weighted by Gasteiger charge is 2.24. The van der Waals surface area contributed by atoms with Crippen LogP contribution in [0.1, 0.15) is 18.4 Å². The van der Waals surface area contributed by atoms with E-state index < -0.39 is 14.9 Å². The molecule has 1 atom stereocenters. The van der Waals surface area contributed by atoms with Gasteiger partial charge in [0, 0.05) is 37.0 Å². The van der Waals surface area contributed by atoms with Gasteiger partial charge in [0.2, 0.25) is 10.0 Å². The maximum absolute atomic E-state index is 11.3. The summed E-state index contributed by atoms with van der Waals surface area (Å²) in [5.74, 6) is 0. The minimum atomic E-state index is -3.22. The van der Waals surface area contributed by atoms with Gasteiger partial charge in [0.1, 0.15) is 0 Å². The molecule has 1 aromatic rings. The van der Waals surface area contributed by atoms with Crippen molar-refractivity contribution in [1.82, 2.24) is 4.72 Å². The van der Waals surface area contributed by atoms with Crippen LogP contribution in [0.5, 0.6) is 0 Å². The Bertz CT molecular complexity index is 645. The zero-order chi connectivity index (χ0) is 15.6. The highest BCUT2D eigenvalue weighted by molar-refractivity contribution is 7.88. The number of rotatable bonds is 4. The van der Waals surface area contributed by atoms with Gasteiger partial charge in [-0.15, -0.1) is 0 Å². The molecule has 0 amide bonds. The van der Waals surface area contributed by atoms with E-state index in [-0.39, 0.29) is 11.7 Å². The molecule has 1 saturated heterocycles. The van der Waals surface area contributed by atoms with Crippen molar-refractivity contribution in [3.05, 3.63) is 33.9 Å². The summed E-state index contributed by atoms with van der Waals surface area (Å²) in [7, 11) is -3.22. The molecule has 0 spiro atoms. The number of benzene rings is 1. The van der Waals surface area contributed by atoms with E-state index >= 15 is 0 Å². The normalized spacial score (nSPS) is 19.5. The Morgan fingerprint density at radius 1 is 1.43 bits per heavy atom. The van der Waals surface area contributed by atoms with Crippen molar-refractivity contribution in [2.75, 3.05) is 24.2 Å². The van der Waals surface area contributed by atoms with Gasteiger partial charge in [-0.25, -0.2) is 13.1 Å². The fourth-order valence-electron chi connectivity index (χ4n) is 2.70. The first-order valence-corrected chi connectivity index (χ1v) is 8.63. The number of nitrogens with zero attached hydrogens (tertiary/aromatic N) is 2. The summed E-state index contributed by atoms with van der Waals surface area (Å²) in [6, 6.07) is 4.64. The lowest BCUT2D eigenvalue weighted by Crippen LogP contribution is -2.47. The summed E-state index contributed by atoms with van der Waals surface area (Å²) in [6.07, 6.45) is 2.84. The van der Waals surface area contributed by atoms with Gasteiger partial charge < -0.3 is 4.90 Å². The molecule has 2 rings (SSSR count). The van der Waals surface area contributed by atoms with Gasteiger partial charge in [-0.05, 0) is 31.4 Å². The first-order chi connectivity index (χ1) is 9.76. The number of aryl methyl sites for hydroxylation is 1. The Kier molecular flexibility index (Phi) is 4.48. The average Bonchev–Trinajstić information content (AvgIpc) is 2.36. The van der Waals surface area contributed by atoms with Crippen LogP contribution in [0.2, 0.25) is 0 Å². The van der Waals surface area contributed by atoms with Crippen molar-refractivity contribution in [2.24, 2.45) is 0 Å². The van der Waals surface area contributed by atoms with E-state index in [1.807, 2.05) is 6.92 Å². The Morgan fingerprint density at radius 3 is 2.71 bits per heavy atom. The predicted molar refractivity (Wildman–Crippen MR) is 81.0 cm³/mol. The van der Waals surface area contributed by atoms with Crippen molar-refractivity contribution in [3.8, 4) is 0 Å². The number of non-ortho nitro benzene ring substituents is 1. The molecule has 1 fully saturated rings. The number of sulfonamides is 1. The van der Waals surface area contributed by atoms with E-state index in [0.29, 0.717) is 6.54 Å². The number of nitrogens with one attached hydrogen (secondary N) is 1. The number of piperidine rings is 1. The standard InChI is InChI=1S/C13H19N3O4S/c1-10-8-12(16(17)18)5-6-13(10)15-7-3-4-11(9-15)14-21(2,19)20/h5-6,8,11,14H,3-4,7,9H2,1-2H3/t11-/m0/s1. The fourth-order valence-corrected chi connectivity index (χ4v) is 3.50. The van der Waals surface area contributed by atoms with E-state index in [1.54, 1.807) is 12.1 Å². The smallest absolute Gasteiger partial charge is 0.269 e. The van der Waals surface area contributed by atoms with Crippen LogP contribution in [0.15, 0.2) is 18.2 Å². The lowest BCUT2D eigenvalue weighted by molar-refractivity contribution is -0.384. The lowest BCUT2D eigenvalue weighted by Gasteiger charge is -2.35. The summed E-state index contributed by atoms with van der Waals surface area (Å²) < 4.78 is 25.3. The molecule has 1 N–H and O–H groups in total. The van der Waals surface area contributed by atoms with Gasteiger partial charge in [-0.2, -0.15) is 0 Å². The number of hydrogen-bond donors (Lipinski definition) is 1. The second-order valence-electron chi connectivity index (χ2n) is 5.40. The van der Waals surface area contributed by atoms with Crippen LogP contribution in [-0.2, 0) is 10.0 Å². The molecule has 0 saturated carbocycles. The predicted octanol–water partition coefficient (Wildman–Crippen LogP) is 1.42. The first-order valence-electron chi connectivity index (χ1n) is 6.73. The molecule has 0 aromatic heterocycles. The monoisotopic (exact) mass is 313 g/mol. The van der Waals surface area contributed by atoms with Crippen LogP contribution in [-0.4, -0.2) is 38.7 Å². The molecule has 0 radical (unpaired) electrons. The second-order valence-corrected chi connectivity index (χ2v) is 7.18. The highest BCUT2D eigenvalue weighted by Crippen LogP contribution is 2.27. The minimum Gasteiger partial charge on any atom is -0.370 e. The van der Waals surface area contributed by atoms with Crippen LogP contribution >= 0.6 is 0 Å². The highest BCUT2D eigenvalue weighted by atomic mass is 32.2. The molecular weight excluding hydrogens is 294 g/mol. The summed E-state index contributed by atoms with van der Waals surface area (Å²) in [5.41, 5.74) is 1.81. The van der Waals surface area contributed by atoms with Gasteiger partial charge in [0.15, 0.2) is 0 Å². The zero-order valence-electron chi connectivity index (χ0n) is 12.1. The van der Waals surface area contributed by atoms with Gasteiger partial charge in [0.25, 0.3) is 5.69 Å². The molecule has 1 heterocycles. The van der Waals surface area contributed by atoms with E-state index in [1.165, 1.54) is 6.07 Å². The van der Waals surface area contributed by atoms with E-state index in [4.69, 9.17) is 0 Å². The third kappa shape index (κ3) is 4.15. The largest absolute Gasteiger partial charge is 0.370 e. The van der Waals surface area contributed by atoms with Crippen LogP contribution in [0, 0.1) is 17.0 Å². The second kappa shape index (κ2) is 5.98. The fraction of sp³-hybridized carbons (Fsp3) is 0.538. The molecule has 0 unspecified atom stereocenters. The SMILES string of the molecule is Cc1cc([N+](=O)[O-])ccc1N1CCC[C@H](NS(C)(=O)=O)C1. The summed E-state index contributed by atoms with van der Waals surface area (Å²) in [5, 5.41) is 10.8. The topological polar surface area (TPSA) is 92.6 Å². The molecule has 116 valence electrons. The lowest BCUT2D eigenvalue weighted by atomic mass is 10.0. The number of nitro benzene ring substituents is 1. The number of nitro groups is 1. The van der Waals surface area contributed by atoms with Crippen molar-refractivity contribution in [2.45, 2.75) is 25.8 Å². The molecule has 8 heteroatoms. The van der Waals surface area contributed by atoms with Crippen LogP contribution < -0.4 is 9.62 Å². The van der Waals surface area contributed by atoms with Crippen LogP contribution in [0.25, 0.3) is 0 Å². The molecule has 0 bridgehead atoms. The number of anilines is 1. The molecule has 0 aliphatic carbocycles. The van der Waals surface area contributed by atoms with Gasteiger partial charge >= 0.3 is 0 Å². The van der Waals surface area contributed by atoms with E-state index in [0.717, 1.165) is 36.9 Å². The van der Waals surface area contributed by atoms with Crippen molar-refractivity contribution >= 4 is 21.4 Å². The van der Waals surface area contributed by atoms with Crippen LogP contribution in [0.4, 0.5) is 11.4 Å². The maximum atomic E-state index is 11.3. The summed E-state index contributed by atoms with van der Waals surface area (Å²) in [6.45, 7) is 3.22. The Morgan fingerprint density at radius 2 is 2.14 bits per heavy atom. The molecule has 21 heavy (non-hydrogen) atoms. The summed E-state index contributed by atoms with van der Waals surface area (Å²) in [4.78, 5) is 12.4. The maximum Gasteiger partial charge on any atom is 0.269 e. The van der Waals surface area contributed by atoms with E-state index in [9.17, 15) is 18.5 Å². The van der Waals surface area contributed by atoms with Gasteiger partial charge in [-0.1, -0.05) is 0 Å². The quantitative estimate of drug-likeness (QED) is 0.670. The van der Waals surface area contributed by atoms with Crippen LogP contribution in [0.3, 0.4) is 0 Å². The Labute approximate surface area is 124 Å². The first kappa shape index (κ1) is 15.7. The van der Waals surface area contributed by atoms with Crippen molar-refractivity contribution in [1.29, 1.82) is 0 Å². The Hall–Kier alpha value is -1.67. The van der Waals surface area contributed by atoms with Gasteiger partial charge in [-0.3, -0.25) is 10.1 Å². The molecule has 1 aliphatic heterocycles. The zero-order valence-corrected chi connectivity index (χ0v) is 12.9. The molecular formula is C13H19N3O4S. The third-order valence-corrected chi connectivity index (χ3v) is 4.30. The summed E-state index contributed by atoms with van der Waals surface area (Å²) >= 11 is 0. The van der Waals surface area contributed by atoms with Crippen molar-refractivity contribution < 1.29 is 13.3 Å². The molecule has 1 aliphatic rings. The number of hydrogen-bond acceptors (Lipinski definition) is 5. The molecule has 1 aromatic carbocycles.